The molecule has 0 saturated carbocycles. The molecule has 4 aliphatic heterocycles. The number of fused-ring (bicyclic) bond motifs is 1. The number of ketones is 1. The molecule has 2 aromatic carbocycles. The second-order valence-corrected chi connectivity index (χ2v) is 21.1. The number of amides is 1. The van der Waals surface area contributed by atoms with Crippen molar-refractivity contribution in [3.63, 3.8) is 0 Å². The van der Waals surface area contributed by atoms with Crippen molar-refractivity contribution in [2.75, 3.05) is 89.9 Å². The van der Waals surface area contributed by atoms with Gasteiger partial charge in [-0.3, -0.25) is 38.6 Å². The number of carbonyl (C=O) groups is 2. The highest BCUT2D eigenvalue weighted by Gasteiger charge is 2.42. The smallest absolute Gasteiger partial charge is 0.257 e. The van der Waals surface area contributed by atoms with Gasteiger partial charge < -0.3 is 20.9 Å². The zero-order chi connectivity index (χ0) is 52.0. The molecule has 3 atom stereocenters. The highest BCUT2D eigenvalue weighted by molar-refractivity contribution is 5.95. The molecule has 3 N–H and O–H groups in total. The van der Waals surface area contributed by atoms with Crippen LogP contribution in [-0.4, -0.2) is 140 Å². The fraction of sp³-hybridized carbons (Fsp3) is 0.517. The van der Waals surface area contributed by atoms with Crippen molar-refractivity contribution < 1.29 is 18.8 Å². The van der Waals surface area contributed by atoms with E-state index >= 15 is 0 Å². The molecule has 14 heteroatoms. The summed E-state index contributed by atoms with van der Waals surface area (Å²) in [6.45, 7) is 30.6. The van der Waals surface area contributed by atoms with Crippen LogP contribution in [0.2, 0.25) is 0 Å². The molecule has 72 heavy (non-hydrogen) atoms. The number of pyridine rings is 1. The van der Waals surface area contributed by atoms with Crippen molar-refractivity contribution in [1.29, 1.82) is 0 Å². The van der Waals surface area contributed by atoms with E-state index in [0.717, 1.165) is 113 Å². The summed E-state index contributed by atoms with van der Waals surface area (Å²) >= 11 is 0. The lowest BCUT2D eigenvalue weighted by Crippen LogP contribution is -2.52. The lowest BCUT2D eigenvalue weighted by Gasteiger charge is -2.46. The largest absolute Gasteiger partial charge is 0.386 e. The summed E-state index contributed by atoms with van der Waals surface area (Å²) in [7, 11) is 3.22. The Kier molecular flexibility index (Phi) is 17.8. The Bertz CT molecular complexity index is 2650. The Balaban J connectivity index is 0.892. The number of hydrogen-bond acceptors (Lipinski definition) is 11. The number of hydrogen-bond donors (Lipinski definition) is 2. The number of aliphatic imine (C=N–C) groups is 1. The Morgan fingerprint density at radius 3 is 2.32 bits per heavy atom. The van der Waals surface area contributed by atoms with Crippen LogP contribution in [0, 0.1) is 25.6 Å². The van der Waals surface area contributed by atoms with Crippen molar-refractivity contribution in [3.05, 3.63) is 128 Å². The first-order valence-corrected chi connectivity index (χ1v) is 26.1. The molecule has 5 heterocycles. The van der Waals surface area contributed by atoms with Gasteiger partial charge in [0.1, 0.15) is 6.04 Å². The molecule has 13 nitrogen and oxygen atoms in total. The maximum Gasteiger partial charge on any atom is 0.257 e. The predicted molar refractivity (Wildman–Crippen MR) is 292 cm³/mol. The Labute approximate surface area is 427 Å². The van der Waals surface area contributed by atoms with Crippen LogP contribution in [0.15, 0.2) is 88.3 Å². The number of allylic oxidation sites excluding steroid dienone is 4. The van der Waals surface area contributed by atoms with Gasteiger partial charge in [-0.05, 0) is 129 Å². The minimum atomic E-state index is -0.538. The molecule has 1 aromatic heterocycles. The summed E-state index contributed by atoms with van der Waals surface area (Å²) < 4.78 is 16.0. The summed E-state index contributed by atoms with van der Waals surface area (Å²) in [5.74, 6) is 0.151. The monoisotopic (exact) mass is 986 g/mol. The number of benzene rings is 2. The maximum absolute atomic E-state index is 14.8. The van der Waals surface area contributed by atoms with Crippen LogP contribution in [0.5, 0.6) is 0 Å². The fourth-order valence-electron chi connectivity index (χ4n) is 11.1. The van der Waals surface area contributed by atoms with Crippen molar-refractivity contribution >= 4 is 40.5 Å². The molecule has 2 fully saturated rings. The summed E-state index contributed by atoms with van der Waals surface area (Å²) in [6, 6.07) is 11.8. The SMILES string of the molecule is C=C(/C=C(\C)C(C)N1CC=C(c2c(C)cc(C(=O)N3CCC(CN4CCN(Cc5ccc6c(c5)C(C)(C)C(C)ON6C(CC)C(=O)CN)CC4)CC3)cc2C)CC1)/C(=C\C=NC)n1cc(F)c(NC)cc1=O. The number of likely N-dealkylation sites (tertiary alicyclic amines) is 1. The number of anilines is 2. The number of nitrogens with two attached hydrogens (primary N) is 1. The predicted octanol–water partition coefficient (Wildman–Crippen LogP) is 8.26. The highest BCUT2D eigenvalue weighted by atomic mass is 19.1. The van der Waals surface area contributed by atoms with E-state index in [1.807, 2.05) is 18.1 Å². The van der Waals surface area contributed by atoms with Gasteiger partial charge in [0, 0.05) is 109 Å². The van der Waals surface area contributed by atoms with E-state index in [9.17, 15) is 18.8 Å². The summed E-state index contributed by atoms with van der Waals surface area (Å²) in [6.07, 6.45) is 12.2. The van der Waals surface area contributed by atoms with Crippen LogP contribution in [-0.2, 0) is 21.6 Å². The average Bonchev–Trinajstić information content (AvgIpc) is 3.37. The van der Waals surface area contributed by atoms with E-state index in [4.69, 9.17) is 10.6 Å². The number of carbonyl (C=O) groups excluding carboxylic acids is 2. The molecular weight excluding hydrogens is 906 g/mol. The summed E-state index contributed by atoms with van der Waals surface area (Å²) in [5.41, 5.74) is 16.5. The van der Waals surface area contributed by atoms with E-state index in [1.165, 1.54) is 39.1 Å². The average molecular weight is 986 g/mol. The van der Waals surface area contributed by atoms with Gasteiger partial charge in [-0.15, -0.1) is 0 Å². The maximum atomic E-state index is 14.8. The van der Waals surface area contributed by atoms with Crippen LogP contribution in [0.1, 0.15) is 105 Å². The van der Waals surface area contributed by atoms with Gasteiger partial charge in [-0.25, -0.2) is 9.45 Å². The molecule has 4 aliphatic rings. The van der Waals surface area contributed by atoms with Gasteiger partial charge in [0.05, 0.1) is 35.9 Å². The molecule has 388 valence electrons. The van der Waals surface area contributed by atoms with Crippen LogP contribution in [0.25, 0.3) is 11.3 Å². The first-order chi connectivity index (χ1) is 34.4. The van der Waals surface area contributed by atoms with Gasteiger partial charge in [0.25, 0.3) is 11.5 Å². The molecule has 3 aromatic rings. The number of piperazine rings is 1. The van der Waals surface area contributed by atoms with Gasteiger partial charge >= 0.3 is 0 Å². The zero-order valence-corrected chi connectivity index (χ0v) is 44.7. The number of aromatic nitrogens is 1. The van der Waals surface area contributed by atoms with E-state index < -0.39 is 11.9 Å². The number of nitrogens with one attached hydrogen (secondary N) is 1. The van der Waals surface area contributed by atoms with Crippen LogP contribution in [0.3, 0.4) is 0 Å². The third-order valence-corrected chi connectivity index (χ3v) is 16.0. The summed E-state index contributed by atoms with van der Waals surface area (Å²) in [5, 5.41) is 4.54. The Hall–Kier alpha value is -5.51. The van der Waals surface area contributed by atoms with Crippen LogP contribution in [0.4, 0.5) is 15.8 Å². The highest BCUT2D eigenvalue weighted by Crippen LogP contribution is 2.43. The number of halogens is 1. The van der Waals surface area contributed by atoms with E-state index in [2.05, 4.69) is 121 Å². The summed E-state index contributed by atoms with van der Waals surface area (Å²) in [4.78, 5) is 59.9. The van der Waals surface area contributed by atoms with Crippen molar-refractivity contribution in [3.8, 4) is 0 Å². The van der Waals surface area contributed by atoms with E-state index in [-0.39, 0.29) is 47.0 Å². The van der Waals surface area contributed by atoms with Crippen molar-refractivity contribution in [2.24, 2.45) is 16.6 Å². The van der Waals surface area contributed by atoms with E-state index in [0.29, 0.717) is 23.6 Å². The minimum absolute atomic E-state index is 0.00342. The van der Waals surface area contributed by atoms with Crippen molar-refractivity contribution in [2.45, 2.75) is 111 Å². The van der Waals surface area contributed by atoms with Gasteiger partial charge in [0.2, 0.25) is 0 Å². The lowest BCUT2D eigenvalue weighted by molar-refractivity contribution is -0.123. The first kappa shape index (κ1) is 54.3. The quantitative estimate of drug-likeness (QED) is 0.101. The number of hydroxylamine groups is 1. The van der Waals surface area contributed by atoms with Gasteiger partial charge in [0.15, 0.2) is 11.6 Å². The Morgan fingerprint density at radius 1 is 1.03 bits per heavy atom. The number of rotatable bonds is 17. The molecule has 0 radical (unpaired) electrons. The van der Waals surface area contributed by atoms with Crippen LogP contribution >= 0.6 is 0 Å². The van der Waals surface area contributed by atoms with Crippen LogP contribution < -0.4 is 21.7 Å². The molecule has 3 unspecified atom stereocenters. The second kappa shape index (κ2) is 23.6. The van der Waals surface area contributed by atoms with Gasteiger partial charge in [-0.2, -0.15) is 0 Å². The third kappa shape index (κ3) is 12.0. The molecule has 2 saturated heterocycles. The van der Waals surface area contributed by atoms with E-state index in [1.54, 1.807) is 26.4 Å². The van der Waals surface area contributed by atoms with Crippen molar-refractivity contribution in [1.82, 2.24) is 24.2 Å². The molecule has 7 rings (SSSR count). The number of Topliss-reactive ketones (excluding diaryl/α,β-unsaturated/α-hetero) is 1. The second-order valence-electron chi connectivity index (χ2n) is 21.1. The zero-order valence-electron chi connectivity index (χ0n) is 44.7. The standard InChI is InChI=1S/C58H80FN9O4/c1-12-51(54(69)34-60)68-53-14-13-45(32-48(53)58(8,9)43(7)72-68)36-64-27-25-63(26-28-64)35-44-16-21-66(22-17-44)57(71)47-30-40(4)56(41(5)31-47)46-18-23-65(24-19-46)42(6)38(2)29-39(3)52(15-20-61-10)67-37-49(59)50(62-11)33-55(67)70/h13-15,18,20,29-33,37,42-44,51,62H,3,12,16-17,19,21-28,34-36,60H2,1-2,4-11H3/b38-29+,52-15+,61-20?. The fourth-order valence-corrected chi connectivity index (χ4v) is 11.1. The molecule has 0 spiro atoms. The molecule has 0 aliphatic carbocycles. The number of aryl methyl sites for hydroxylation is 2. The van der Waals surface area contributed by atoms with Gasteiger partial charge in [-0.1, -0.05) is 57.2 Å². The normalized spacial score (nSPS) is 20.6. The molecular formula is C58H80FN9O4. The number of piperidine rings is 1. The molecule has 1 amide bonds. The minimum Gasteiger partial charge on any atom is -0.386 e. The molecule has 0 bridgehead atoms. The third-order valence-electron chi connectivity index (χ3n) is 16.0. The Morgan fingerprint density at radius 2 is 1.71 bits per heavy atom. The topological polar surface area (TPSA) is 132 Å². The number of nitrogens with zero attached hydrogens (tertiary/aromatic N) is 7. The lowest BCUT2D eigenvalue weighted by atomic mass is 9.77. The first-order valence-electron chi connectivity index (χ1n) is 26.1.